The van der Waals surface area contributed by atoms with Crippen molar-refractivity contribution in [2.75, 3.05) is 0 Å². The number of aromatic amines is 1. The van der Waals surface area contributed by atoms with Gasteiger partial charge in [-0.3, -0.25) is 4.79 Å². The molecule has 1 amide bonds. The molecular weight excluding hydrogens is 291 g/mol. The number of aliphatic hydroxyl groups excluding tert-OH is 1. The molecule has 1 aromatic heterocycles. The number of carbonyl (C=O) groups excluding carboxylic acids is 1. The van der Waals surface area contributed by atoms with E-state index in [9.17, 15) is 14.3 Å². The van der Waals surface area contributed by atoms with Gasteiger partial charge in [-0.15, -0.1) is 0 Å². The molecule has 0 spiro atoms. The summed E-state index contributed by atoms with van der Waals surface area (Å²) < 4.78 is 13.2. The Labute approximate surface area is 126 Å². The smallest absolute Gasteiger partial charge is 0.254 e. The third kappa shape index (κ3) is 3.74. The van der Waals surface area contributed by atoms with Gasteiger partial charge in [0.15, 0.2) is 0 Å². The third-order valence-electron chi connectivity index (χ3n) is 3.11. The minimum atomic E-state index is -0.934. The molecule has 0 aliphatic carbocycles. The Kier molecular flexibility index (Phi) is 4.82. The number of hydrogen-bond donors (Lipinski definition) is 3. The van der Waals surface area contributed by atoms with Crippen LogP contribution in [0.2, 0.25) is 0 Å². The van der Waals surface area contributed by atoms with Crippen LogP contribution < -0.4 is 5.32 Å². The van der Waals surface area contributed by atoms with E-state index in [1.807, 2.05) is 0 Å². The van der Waals surface area contributed by atoms with E-state index in [0.29, 0.717) is 15.8 Å². The molecule has 1 heterocycles. The van der Waals surface area contributed by atoms with Gasteiger partial charge in [0, 0.05) is 6.20 Å². The summed E-state index contributed by atoms with van der Waals surface area (Å²) in [6, 6.07) is 8.23. The van der Waals surface area contributed by atoms with E-state index in [2.05, 4.69) is 10.3 Å². The average Bonchev–Trinajstić information content (AvgIpc) is 2.47. The van der Waals surface area contributed by atoms with E-state index in [1.165, 1.54) is 24.3 Å². The third-order valence-corrected chi connectivity index (χ3v) is 3.44. The zero-order valence-corrected chi connectivity index (χ0v) is 12.2. The van der Waals surface area contributed by atoms with Crippen LogP contribution in [0.4, 0.5) is 4.39 Å². The molecule has 110 valence electrons. The summed E-state index contributed by atoms with van der Waals surface area (Å²) in [5.74, 6) is -0.747. The summed E-state index contributed by atoms with van der Waals surface area (Å²) in [6.07, 6.45) is 0.700. The Bertz CT molecular complexity index is 685. The summed E-state index contributed by atoms with van der Waals surface area (Å²) in [5.41, 5.74) is 0.869. The summed E-state index contributed by atoms with van der Waals surface area (Å²) in [6.45, 7) is 1.67. The highest BCUT2D eigenvalue weighted by Gasteiger charge is 2.19. The predicted octanol–water partition coefficient (Wildman–Crippen LogP) is 2.74. The fourth-order valence-electron chi connectivity index (χ4n) is 1.91. The molecule has 2 rings (SSSR count). The largest absolute Gasteiger partial charge is 0.386 e. The molecule has 4 nitrogen and oxygen atoms in total. The minimum Gasteiger partial charge on any atom is -0.386 e. The fourth-order valence-corrected chi connectivity index (χ4v) is 2.14. The number of aliphatic hydroxyl groups is 1. The molecule has 0 fully saturated rings. The molecule has 0 radical (unpaired) electrons. The van der Waals surface area contributed by atoms with Crippen LogP contribution in [0.25, 0.3) is 0 Å². The number of amides is 1. The van der Waals surface area contributed by atoms with Gasteiger partial charge in [-0.05, 0) is 36.8 Å². The van der Waals surface area contributed by atoms with E-state index in [4.69, 9.17) is 12.2 Å². The summed E-state index contributed by atoms with van der Waals surface area (Å²) in [5, 5.41) is 12.9. The zero-order chi connectivity index (χ0) is 15.4. The fraction of sp³-hybridized carbons (Fsp3) is 0.200. The van der Waals surface area contributed by atoms with Crippen LogP contribution in [0.3, 0.4) is 0 Å². The molecule has 0 saturated carbocycles. The van der Waals surface area contributed by atoms with Crippen LogP contribution in [-0.2, 0) is 0 Å². The van der Waals surface area contributed by atoms with E-state index < -0.39 is 12.1 Å². The van der Waals surface area contributed by atoms with Gasteiger partial charge in [0.1, 0.15) is 10.5 Å². The number of H-pyrrole nitrogens is 1. The monoisotopic (exact) mass is 306 g/mol. The molecule has 0 bridgehead atoms. The first-order valence-corrected chi connectivity index (χ1v) is 6.82. The number of halogens is 1. The van der Waals surface area contributed by atoms with Crippen LogP contribution >= 0.6 is 12.2 Å². The Morgan fingerprint density at radius 2 is 2.00 bits per heavy atom. The van der Waals surface area contributed by atoms with Crippen molar-refractivity contribution in [1.82, 2.24) is 10.3 Å². The summed E-state index contributed by atoms with van der Waals surface area (Å²) in [4.78, 5) is 14.9. The van der Waals surface area contributed by atoms with Gasteiger partial charge in [0.25, 0.3) is 5.91 Å². The van der Waals surface area contributed by atoms with Crippen molar-refractivity contribution in [1.29, 1.82) is 0 Å². The zero-order valence-electron chi connectivity index (χ0n) is 11.3. The minimum absolute atomic E-state index is 0.332. The Morgan fingerprint density at radius 1 is 1.33 bits per heavy atom. The number of nitrogens with one attached hydrogen (secondary N) is 2. The molecule has 0 saturated heterocycles. The summed E-state index contributed by atoms with van der Waals surface area (Å²) in [7, 11) is 0. The van der Waals surface area contributed by atoms with Crippen molar-refractivity contribution in [3.63, 3.8) is 0 Å². The highest BCUT2D eigenvalue weighted by atomic mass is 32.1. The first-order valence-electron chi connectivity index (χ1n) is 6.41. The van der Waals surface area contributed by atoms with Crippen molar-refractivity contribution in [3.8, 4) is 0 Å². The molecule has 3 N–H and O–H groups in total. The Morgan fingerprint density at radius 3 is 2.62 bits per heavy atom. The van der Waals surface area contributed by atoms with Gasteiger partial charge in [-0.2, -0.15) is 0 Å². The van der Waals surface area contributed by atoms with Crippen molar-refractivity contribution in [3.05, 3.63) is 64.2 Å². The average molecular weight is 306 g/mol. The lowest BCUT2D eigenvalue weighted by molar-refractivity contribution is 0.0851. The van der Waals surface area contributed by atoms with Gasteiger partial charge in [-0.25, -0.2) is 4.39 Å². The van der Waals surface area contributed by atoms with E-state index >= 15 is 0 Å². The van der Waals surface area contributed by atoms with E-state index in [1.54, 1.807) is 25.3 Å². The van der Waals surface area contributed by atoms with Crippen molar-refractivity contribution >= 4 is 18.1 Å². The van der Waals surface area contributed by atoms with Crippen molar-refractivity contribution < 1.29 is 14.3 Å². The quantitative estimate of drug-likeness (QED) is 0.761. The van der Waals surface area contributed by atoms with E-state index in [0.717, 1.165) is 0 Å². The lowest BCUT2D eigenvalue weighted by Gasteiger charge is -2.20. The van der Waals surface area contributed by atoms with Crippen LogP contribution in [0.15, 0.2) is 42.6 Å². The van der Waals surface area contributed by atoms with Gasteiger partial charge in [0.2, 0.25) is 0 Å². The molecule has 2 atom stereocenters. The number of benzene rings is 1. The van der Waals surface area contributed by atoms with Crippen LogP contribution in [0, 0.1) is 10.5 Å². The second-order valence-electron chi connectivity index (χ2n) is 4.67. The molecule has 21 heavy (non-hydrogen) atoms. The normalized spacial score (nSPS) is 13.5. The molecule has 2 aromatic rings. The van der Waals surface area contributed by atoms with Gasteiger partial charge >= 0.3 is 0 Å². The second-order valence-corrected chi connectivity index (χ2v) is 5.08. The number of carbonyl (C=O) groups is 1. The maximum absolute atomic E-state index is 12.9. The van der Waals surface area contributed by atoms with Gasteiger partial charge < -0.3 is 15.4 Å². The van der Waals surface area contributed by atoms with Gasteiger partial charge in [0.05, 0.1) is 17.7 Å². The van der Waals surface area contributed by atoms with E-state index in [-0.39, 0.29) is 11.7 Å². The summed E-state index contributed by atoms with van der Waals surface area (Å²) >= 11 is 5.03. The Hall–Kier alpha value is -2.05. The maximum Gasteiger partial charge on any atom is 0.254 e. The van der Waals surface area contributed by atoms with Crippen LogP contribution in [-0.4, -0.2) is 22.0 Å². The lowest BCUT2D eigenvalue weighted by Crippen LogP contribution is -2.37. The van der Waals surface area contributed by atoms with Crippen molar-refractivity contribution in [2.24, 2.45) is 0 Å². The highest BCUT2D eigenvalue weighted by Crippen LogP contribution is 2.17. The Balaban J connectivity index is 2.09. The van der Waals surface area contributed by atoms with Gasteiger partial charge in [-0.1, -0.05) is 24.4 Å². The standard InChI is InChI=1S/C15H15FN2O2S/c1-9(13(19)10-4-6-11(16)7-5-10)18-14(20)12-3-2-8-17-15(12)21/h2-9,13,19H,1H3,(H,17,21)(H,18,20)/t9-,13-/m0/s1. The molecule has 1 aromatic carbocycles. The van der Waals surface area contributed by atoms with Crippen LogP contribution in [0.1, 0.15) is 28.9 Å². The topological polar surface area (TPSA) is 65.1 Å². The molecule has 0 unspecified atom stereocenters. The molecule has 0 aliphatic heterocycles. The second kappa shape index (κ2) is 6.60. The maximum atomic E-state index is 12.9. The molecular formula is C15H15FN2O2S. The lowest BCUT2D eigenvalue weighted by atomic mass is 10.0. The molecule has 6 heteroatoms. The highest BCUT2D eigenvalue weighted by molar-refractivity contribution is 7.71. The SMILES string of the molecule is C[C@H](NC(=O)c1ccc[nH]c1=S)[C@H](O)c1ccc(F)cc1. The molecule has 0 aliphatic rings. The van der Waals surface area contributed by atoms with Crippen LogP contribution in [0.5, 0.6) is 0 Å². The number of aromatic nitrogens is 1. The number of hydrogen-bond acceptors (Lipinski definition) is 3. The van der Waals surface area contributed by atoms with Crippen molar-refractivity contribution in [2.45, 2.75) is 19.1 Å². The number of pyridine rings is 1. The predicted molar refractivity (Wildman–Crippen MR) is 79.9 cm³/mol. The first kappa shape index (κ1) is 15.3. The number of rotatable bonds is 4. The first-order chi connectivity index (χ1) is 9.99.